The number of carbonyl (C=O) groups is 2. The van der Waals surface area contributed by atoms with Gasteiger partial charge in [0.2, 0.25) is 0 Å². The summed E-state index contributed by atoms with van der Waals surface area (Å²) in [6, 6.07) is 3.42. The number of aromatic nitrogens is 1. The number of ether oxygens (including phenoxy) is 1. The molecule has 0 amide bonds. The van der Waals surface area contributed by atoms with Gasteiger partial charge in [-0.15, -0.1) is 0 Å². The molecule has 0 spiro atoms. The van der Waals surface area contributed by atoms with Gasteiger partial charge in [0.1, 0.15) is 5.60 Å². The van der Waals surface area contributed by atoms with Crippen LogP contribution in [0.1, 0.15) is 115 Å². The van der Waals surface area contributed by atoms with Crippen LogP contribution in [0, 0.1) is 0 Å². The number of unbranched alkanes of at least 4 members (excludes halogenated alkanes) is 10. The third kappa shape index (κ3) is 10.4. The summed E-state index contributed by atoms with van der Waals surface area (Å²) in [5.41, 5.74) is -0.145. The van der Waals surface area contributed by atoms with Crippen LogP contribution in [0.2, 0.25) is 0 Å². The minimum atomic E-state index is -0.572. The molecule has 27 heavy (non-hydrogen) atoms. The Hall–Kier alpha value is -1.58. The summed E-state index contributed by atoms with van der Waals surface area (Å²) in [5, 5.41) is 0. The maximum absolute atomic E-state index is 12.4. The standard InChI is InChI=1S/C23H39NO3/c1-5-6-7-8-9-10-11-12-13-14-15-18-21(25)20-17-16-19-24(20)22(26)27-23(2,3)4/h16-17,19H,5-15,18H2,1-4H3. The molecule has 0 aliphatic rings. The molecule has 0 bridgehead atoms. The van der Waals surface area contributed by atoms with Gasteiger partial charge in [-0.25, -0.2) is 9.36 Å². The van der Waals surface area contributed by atoms with Crippen molar-refractivity contribution in [3.05, 3.63) is 24.0 Å². The monoisotopic (exact) mass is 377 g/mol. The minimum Gasteiger partial charge on any atom is -0.443 e. The van der Waals surface area contributed by atoms with Crippen LogP contribution in [0.3, 0.4) is 0 Å². The summed E-state index contributed by atoms with van der Waals surface area (Å²) in [5.74, 6) is 0.0155. The Morgan fingerprint density at radius 2 is 1.41 bits per heavy atom. The quantitative estimate of drug-likeness (QED) is 0.271. The second kappa shape index (κ2) is 12.7. The fraction of sp³-hybridized carbons (Fsp3) is 0.739. The first-order valence-corrected chi connectivity index (χ1v) is 10.8. The summed E-state index contributed by atoms with van der Waals surface area (Å²) in [6.07, 6.45) is 15.4. The molecule has 4 heteroatoms. The lowest BCUT2D eigenvalue weighted by Crippen LogP contribution is -2.28. The second-order valence-corrected chi connectivity index (χ2v) is 8.45. The molecule has 1 heterocycles. The van der Waals surface area contributed by atoms with Crippen molar-refractivity contribution in [1.82, 2.24) is 4.57 Å². The zero-order chi connectivity index (χ0) is 20.1. The lowest BCUT2D eigenvalue weighted by atomic mass is 10.0. The van der Waals surface area contributed by atoms with E-state index in [2.05, 4.69) is 6.92 Å². The van der Waals surface area contributed by atoms with E-state index in [0.29, 0.717) is 12.1 Å². The Balaban J connectivity index is 2.19. The molecule has 0 N–H and O–H groups in total. The third-order valence-corrected chi connectivity index (χ3v) is 4.63. The number of rotatable bonds is 13. The molecule has 0 fully saturated rings. The molecule has 0 saturated heterocycles. The summed E-state index contributed by atoms with van der Waals surface area (Å²) < 4.78 is 6.68. The molecule has 1 aromatic rings. The van der Waals surface area contributed by atoms with Crippen molar-refractivity contribution in [1.29, 1.82) is 0 Å². The van der Waals surface area contributed by atoms with Crippen molar-refractivity contribution in [2.75, 3.05) is 0 Å². The van der Waals surface area contributed by atoms with Crippen LogP contribution in [-0.4, -0.2) is 22.0 Å². The van der Waals surface area contributed by atoms with Crippen molar-refractivity contribution in [2.24, 2.45) is 0 Å². The smallest absolute Gasteiger partial charge is 0.419 e. The van der Waals surface area contributed by atoms with E-state index in [1.807, 2.05) is 20.8 Å². The van der Waals surface area contributed by atoms with Gasteiger partial charge >= 0.3 is 6.09 Å². The van der Waals surface area contributed by atoms with Crippen LogP contribution in [0.4, 0.5) is 4.79 Å². The molecule has 4 nitrogen and oxygen atoms in total. The Kier molecular flexibility index (Phi) is 11.1. The third-order valence-electron chi connectivity index (χ3n) is 4.63. The first-order valence-electron chi connectivity index (χ1n) is 10.8. The van der Waals surface area contributed by atoms with Gasteiger partial charge in [-0.1, -0.05) is 71.1 Å². The van der Waals surface area contributed by atoms with Crippen molar-refractivity contribution in [3.63, 3.8) is 0 Å². The van der Waals surface area contributed by atoms with Gasteiger partial charge in [0, 0.05) is 12.6 Å². The van der Waals surface area contributed by atoms with Gasteiger partial charge in [-0.05, 0) is 39.3 Å². The highest BCUT2D eigenvalue weighted by atomic mass is 16.6. The first kappa shape index (κ1) is 23.5. The summed E-state index contributed by atoms with van der Waals surface area (Å²) in [7, 11) is 0. The van der Waals surface area contributed by atoms with Crippen LogP contribution in [0.15, 0.2) is 18.3 Å². The van der Waals surface area contributed by atoms with Crippen molar-refractivity contribution < 1.29 is 14.3 Å². The zero-order valence-corrected chi connectivity index (χ0v) is 17.9. The number of ketones is 1. The normalized spacial score (nSPS) is 11.6. The van der Waals surface area contributed by atoms with Crippen molar-refractivity contribution in [3.8, 4) is 0 Å². The molecule has 0 unspecified atom stereocenters. The van der Waals surface area contributed by atoms with Gasteiger partial charge in [-0.3, -0.25) is 4.79 Å². The van der Waals surface area contributed by atoms with Crippen LogP contribution < -0.4 is 0 Å². The fourth-order valence-electron chi connectivity index (χ4n) is 3.16. The topological polar surface area (TPSA) is 48.3 Å². The van der Waals surface area contributed by atoms with Crippen LogP contribution in [0.25, 0.3) is 0 Å². The fourth-order valence-corrected chi connectivity index (χ4v) is 3.16. The summed E-state index contributed by atoms with van der Waals surface area (Å²) in [4.78, 5) is 24.6. The van der Waals surface area contributed by atoms with E-state index >= 15 is 0 Å². The van der Waals surface area contributed by atoms with E-state index < -0.39 is 11.7 Å². The maximum atomic E-state index is 12.4. The molecule has 0 aliphatic carbocycles. The van der Waals surface area contributed by atoms with Gasteiger partial charge in [-0.2, -0.15) is 0 Å². The van der Waals surface area contributed by atoms with Gasteiger partial charge in [0.25, 0.3) is 0 Å². The summed E-state index contributed by atoms with van der Waals surface area (Å²) >= 11 is 0. The highest BCUT2D eigenvalue weighted by molar-refractivity contribution is 5.97. The molecule has 0 radical (unpaired) electrons. The minimum absolute atomic E-state index is 0.0155. The predicted octanol–water partition coefficient (Wildman–Crippen LogP) is 7.16. The molecule has 0 aliphatic heterocycles. The van der Waals surface area contributed by atoms with Gasteiger partial charge < -0.3 is 4.74 Å². The molecule has 0 aromatic carbocycles. The van der Waals surface area contributed by atoms with Crippen LogP contribution in [-0.2, 0) is 4.74 Å². The Morgan fingerprint density at radius 1 is 0.889 bits per heavy atom. The largest absolute Gasteiger partial charge is 0.443 e. The number of hydrogen-bond acceptors (Lipinski definition) is 3. The predicted molar refractivity (Wildman–Crippen MR) is 111 cm³/mol. The second-order valence-electron chi connectivity index (χ2n) is 8.45. The molecule has 0 atom stereocenters. The molecule has 154 valence electrons. The molecule has 1 rings (SSSR count). The molecule has 0 saturated carbocycles. The number of carbonyl (C=O) groups excluding carboxylic acids is 2. The Bertz CT molecular complexity index is 554. The van der Waals surface area contributed by atoms with Gasteiger partial charge in [0.05, 0.1) is 5.69 Å². The van der Waals surface area contributed by atoms with E-state index in [1.54, 1.807) is 18.3 Å². The molecular weight excluding hydrogens is 338 g/mol. The average molecular weight is 378 g/mol. The molecular formula is C23H39NO3. The average Bonchev–Trinajstić information content (AvgIpc) is 3.08. The van der Waals surface area contributed by atoms with Crippen molar-refractivity contribution >= 4 is 11.9 Å². The summed E-state index contributed by atoms with van der Waals surface area (Å²) in [6.45, 7) is 7.71. The van der Waals surface area contributed by atoms with E-state index in [4.69, 9.17) is 4.74 Å². The Labute approximate surface area is 165 Å². The van der Waals surface area contributed by atoms with Gasteiger partial charge in [0.15, 0.2) is 5.78 Å². The highest BCUT2D eigenvalue weighted by Crippen LogP contribution is 2.15. The SMILES string of the molecule is CCCCCCCCCCCCCC(=O)c1cccn1C(=O)OC(C)(C)C. The number of Topliss-reactive ketones (excluding diaryl/α,β-unsaturated/α-hetero) is 1. The Morgan fingerprint density at radius 3 is 1.93 bits per heavy atom. The highest BCUT2D eigenvalue weighted by Gasteiger charge is 2.21. The van der Waals surface area contributed by atoms with Crippen LogP contribution >= 0.6 is 0 Å². The van der Waals surface area contributed by atoms with E-state index in [9.17, 15) is 9.59 Å². The van der Waals surface area contributed by atoms with Crippen molar-refractivity contribution in [2.45, 2.75) is 110 Å². The lowest BCUT2D eigenvalue weighted by molar-refractivity contribution is 0.0527. The lowest BCUT2D eigenvalue weighted by Gasteiger charge is -2.20. The number of nitrogens with zero attached hydrogens (tertiary/aromatic N) is 1. The first-order chi connectivity index (χ1) is 12.8. The molecule has 1 aromatic heterocycles. The van der Waals surface area contributed by atoms with E-state index in [1.165, 1.54) is 62.4 Å². The maximum Gasteiger partial charge on any atom is 0.419 e. The number of hydrogen-bond donors (Lipinski definition) is 0. The zero-order valence-electron chi connectivity index (χ0n) is 17.9. The van der Waals surface area contributed by atoms with E-state index in [0.717, 1.165) is 12.8 Å². The van der Waals surface area contributed by atoms with Crippen LogP contribution in [0.5, 0.6) is 0 Å². The van der Waals surface area contributed by atoms with E-state index in [-0.39, 0.29) is 5.78 Å².